The minimum atomic E-state index is -2.95. The molecule has 3 aromatic heterocycles. The number of alkyl halides is 2. The molecular formula is C19H14F3N5O2. The number of aromatic nitrogens is 4. The summed E-state index contributed by atoms with van der Waals surface area (Å²) in [7, 11) is 0. The Morgan fingerprint density at radius 2 is 2.17 bits per heavy atom. The summed E-state index contributed by atoms with van der Waals surface area (Å²) in [5, 5.41) is 3.81. The summed E-state index contributed by atoms with van der Waals surface area (Å²) in [6, 6.07) is 6.43. The number of halogens is 3. The van der Waals surface area contributed by atoms with Crippen LogP contribution in [0.25, 0.3) is 11.0 Å². The number of aromatic amines is 1. The van der Waals surface area contributed by atoms with Crippen LogP contribution in [0.15, 0.2) is 47.3 Å². The molecule has 10 heteroatoms. The second-order valence-electron chi connectivity index (χ2n) is 6.66. The van der Waals surface area contributed by atoms with Crippen molar-refractivity contribution in [3.8, 4) is 0 Å². The van der Waals surface area contributed by atoms with E-state index < -0.39 is 24.3 Å². The van der Waals surface area contributed by atoms with Crippen LogP contribution in [-0.4, -0.2) is 37.1 Å². The molecule has 0 radical (unpaired) electrons. The number of hydrogen-bond donors (Lipinski definition) is 1. The van der Waals surface area contributed by atoms with E-state index in [1.54, 1.807) is 6.07 Å². The highest BCUT2D eigenvalue weighted by Crippen LogP contribution is 2.37. The molecule has 1 aliphatic rings. The number of carbonyl (C=O) groups excluding carboxylic acids is 1. The topological polar surface area (TPSA) is 80.0 Å². The highest BCUT2D eigenvalue weighted by molar-refractivity contribution is 5.93. The summed E-state index contributed by atoms with van der Waals surface area (Å²) in [5.41, 5.74) is 1.42. The largest absolute Gasteiger partial charge is 0.458 e. The van der Waals surface area contributed by atoms with Crippen LogP contribution < -0.4 is 0 Å². The Morgan fingerprint density at radius 3 is 2.97 bits per heavy atom. The molecule has 1 amide bonds. The number of hydrogen-bond acceptors (Lipinski definition) is 4. The molecule has 0 fully saturated rings. The lowest BCUT2D eigenvalue weighted by molar-refractivity contribution is 0.0436. The second kappa shape index (κ2) is 6.50. The second-order valence-corrected chi connectivity index (χ2v) is 6.66. The molecular weight excluding hydrogens is 387 g/mol. The van der Waals surface area contributed by atoms with Crippen molar-refractivity contribution in [2.45, 2.75) is 19.0 Å². The predicted molar refractivity (Wildman–Crippen MR) is 94.8 cm³/mol. The van der Waals surface area contributed by atoms with Gasteiger partial charge in [0.1, 0.15) is 28.9 Å². The maximum absolute atomic E-state index is 14.2. The van der Waals surface area contributed by atoms with Crippen molar-refractivity contribution in [3.63, 3.8) is 0 Å². The van der Waals surface area contributed by atoms with E-state index >= 15 is 0 Å². The van der Waals surface area contributed by atoms with Gasteiger partial charge in [-0.05, 0) is 24.3 Å². The van der Waals surface area contributed by atoms with Gasteiger partial charge in [-0.1, -0.05) is 6.07 Å². The fraction of sp³-hybridized carbons (Fsp3) is 0.211. The van der Waals surface area contributed by atoms with E-state index in [0.29, 0.717) is 28.1 Å². The van der Waals surface area contributed by atoms with E-state index in [1.165, 1.54) is 35.5 Å². The number of amides is 1. The van der Waals surface area contributed by atoms with Gasteiger partial charge in [-0.3, -0.25) is 4.79 Å². The third-order valence-corrected chi connectivity index (χ3v) is 5.06. The average molecular weight is 401 g/mol. The van der Waals surface area contributed by atoms with Crippen LogP contribution in [0.3, 0.4) is 0 Å². The van der Waals surface area contributed by atoms with Gasteiger partial charge in [-0.25, -0.2) is 9.37 Å². The normalized spacial score (nSPS) is 16.6. The minimum absolute atomic E-state index is 0.243. The van der Waals surface area contributed by atoms with Crippen molar-refractivity contribution in [1.29, 1.82) is 0 Å². The van der Waals surface area contributed by atoms with Crippen molar-refractivity contribution < 1.29 is 22.4 Å². The van der Waals surface area contributed by atoms with E-state index in [0.717, 1.165) is 11.9 Å². The van der Waals surface area contributed by atoms with Gasteiger partial charge in [0.15, 0.2) is 0 Å². The fourth-order valence-electron chi connectivity index (χ4n) is 3.75. The summed E-state index contributed by atoms with van der Waals surface area (Å²) in [5.74, 6) is -0.791. The molecule has 0 spiro atoms. The van der Waals surface area contributed by atoms with Crippen LogP contribution in [0, 0.1) is 5.82 Å². The Bertz CT molecular complexity index is 1210. The molecule has 0 saturated carbocycles. The number of nitrogens with zero attached hydrogens (tertiary/aromatic N) is 4. The summed E-state index contributed by atoms with van der Waals surface area (Å²) < 4.78 is 46.8. The lowest BCUT2D eigenvalue weighted by Gasteiger charge is -2.33. The Balaban J connectivity index is 1.63. The SMILES string of the molecule is O=C(c1ccnn1C(F)F)N1CCc2[nH]cnc2[C@H]1c1cc2c(F)cccc2o1. The summed E-state index contributed by atoms with van der Waals surface area (Å²) in [4.78, 5) is 21.9. The zero-order chi connectivity index (χ0) is 20.1. The van der Waals surface area contributed by atoms with Crippen LogP contribution >= 0.6 is 0 Å². The maximum Gasteiger partial charge on any atom is 0.333 e. The number of carbonyl (C=O) groups is 1. The molecule has 1 aromatic carbocycles. The minimum Gasteiger partial charge on any atom is -0.458 e. The molecule has 0 aliphatic carbocycles. The van der Waals surface area contributed by atoms with E-state index in [4.69, 9.17) is 4.42 Å². The molecule has 4 aromatic rings. The lowest BCUT2D eigenvalue weighted by atomic mass is 9.99. The first-order valence-corrected chi connectivity index (χ1v) is 8.87. The summed E-state index contributed by atoms with van der Waals surface area (Å²) >= 11 is 0. The molecule has 0 saturated heterocycles. The van der Waals surface area contributed by atoms with E-state index in [1.807, 2.05) is 0 Å². The number of imidazole rings is 1. The molecule has 29 heavy (non-hydrogen) atoms. The molecule has 1 atom stereocenters. The van der Waals surface area contributed by atoms with Gasteiger partial charge in [0.25, 0.3) is 5.91 Å². The third-order valence-electron chi connectivity index (χ3n) is 5.06. The predicted octanol–water partition coefficient (Wildman–Crippen LogP) is 3.67. The number of benzene rings is 1. The smallest absolute Gasteiger partial charge is 0.333 e. The van der Waals surface area contributed by atoms with Crippen LogP contribution in [-0.2, 0) is 6.42 Å². The Hall–Kier alpha value is -3.56. The standard InChI is InChI=1S/C19H14F3N5O2/c20-11-2-1-3-14-10(11)8-15(29-14)17-16-12(23-9-24-16)5-7-26(17)18(28)13-4-6-25-27(13)19(21)22/h1-4,6,8-9,17,19H,5,7H2,(H,23,24)/t17-/m1/s1. The maximum atomic E-state index is 14.2. The molecule has 1 aliphatic heterocycles. The monoisotopic (exact) mass is 401 g/mol. The number of fused-ring (bicyclic) bond motifs is 2. The zero-order valence-corrected chi connectivity index (χ0v) is 14.8. The zero-order valence-electron chi connectivity index (χ0n) is 14.8. The Kier molecular flexibility index (Phi) is 3.93. The van der Waals surface area contributed by atoms with Gasteiger partial charge >= 0.3 is 6.55 Å². The van der Waals surface area contributed by atoms with Crippen LogP contribution in [0.5, 0.6) is 0 Å². The van der Waals surface area contributed by atoms with Crippen LogP contribution in [0.4, 0.5) is 13.2 Å². The number of furan rings is 1. The van der Waals surface area contributed by atoms with E-state index in [-0.39, 0.29) is 17.6 Å². The number of nitrogens with one attached hydrogen (secondary N) is 1. The quantitative estimate of drug-likeness (QED) is 0.568. The van der Waals surface area contributed by atoms with Gasteiger partial charge in [0.05, 0.1) is 17.4 Å². The Labute approximate surface area is 161 Å². The van der Waals surface area contributed by atoms with Crippen LogP contribution in [0.2, 0.25) is 0 Å². The van der Waals surface area contributed by atoms with Crippen LogP contribution in [0.1, 0.15) is 40.2 Å². The molecule has 7 nitrogen and oxygen atoms in total. The van der Waals surface area contributed by atoms with Gasteiger partial charge in [-0.2, -0.15) is 18.6 Å². The van der Waals surface area contributed by atoms with Gasteiger partial charge in [0, 0.05) is 24.9 Å². The molecule has 4 heterocycles. The third kappa shape index (κ3) is 2.71. The molecule has 5 rings (SSSR count). The fourth-order valence-corrected chi connectivity index (χ4v) is 3.75. The average Bonchev–Trinajstić information content (AvgIpc) is 3.44. The molecule has 148 valence electrons. The van der Waals surface area contributed by atoms with E-state index in [9.17, 15) is 18.0 Å². The highest BCUT2D eigenvalue weighted by Gasteiger charge is 2.38. The van der Waals surface area contributed by atoms with Crippen molar-refractivity contribution in [3.05, 3.63) is 71.5 Å². The molecule has 0 bridgehead atoms. The first-order valence-electron chi connectivity index (χ1n) is 8.87. The number of rotatable bonds is 3. The molecule has 1 N–H and O–H groups in total. The van der Waals surface area contributed by atoms with Gasteiger partial charge < -0.3 is 14.3 Å². The van der Waals surface area contributed by atoms with Crippen molar-refractivity contribution >= 4 is 16.9 Å². The van der Waals surface area contributed by atoms with Crippen molar-refractivity contribution in [2.75, 3.05) is 6.54 Å². The number of H-pyrrole nitrogens is 1. The van der Waals surface area contributed by atoms with Crippen molar-refractivity contribution in [2.24, 2.45) is 0 Å². The lowest BCUT2D eigenvalue weighted by Crippen LogP contribution is -2.41. The summed E-state index contributed by atoms with van der Waals surface area (Å²) in [6.45, 7) is -2.71. The highest BCUT2D eigenvalue weighted by atomic mass is 19.3. The van der Waals surface area contributed by atoms with Gasteiger partial charge in [0.2, 0.25) is 0 Å². The summed E-state index contributed by atoms with van der Waals surface area (Å²) in [6.07, 6.45) is 3.11. The van der Waals surface area contributed by atoms with Crippen molar-refractivity contribution in [1.82, 2.24) is 24.6 Å². The first kappa shape index (κ1) is 17.5. The van der Waals surface area contributed by atoms with E-state index in [2.05, 4.69) is 15.1 Å². The first-order chi connectivity index (χ1) is 14.0. The molecule has 0 unspecified atom stereocenters. The van der Waals surface area contributed by atoms with Gasteiger partial charge in [-0.15, -0.1) is 0 Å². The Morgan fingerprint density at radius 1 is 1.31 bits per heavy atom.